The molecule has 2 atom stereocenters. The number of carbonyl (C=O) groups is 1. The zero-order chi connectivity index (χ0) is 13.8. The van der Waals surface area contributed by atoms with E-state index in [-0.39, 0.29) is 11.2 Å². The van der Waals surface area contributed by atoms with E-state index in [1.165, 1.54) is 7.11 Å². The van der Waals surface area contributed by atoms with Gasteiger partial charge in [0.05, 0.1) is 7.11 Å². The Hall–Kier alpha value is -0.520. The Morgan fingerprint density at radius 1 is 1.61 bits per heavy atom. The number of thioether (sulfide) groups is 1. The zero-order valence-corrected chi connectivity index (χ0v) is 13.2. The summed E-state index contributed by atoms with van der Waals surface area (Å²) in [6.45, 7) is 3.76. The molecule has 5 heteroatoms. The van der Waals surface area contributed by atoms with Gasteiger partial charge in [-0.15, -0.1) is 11.8 Å². The predicted molar refractivity (Wildman–Crippen MR) is 78.7 cm³/mol. The maximum Gasteiger partial charge on any atom is 0.325 e. The molecule has 100 valence electrons. The van der Waals surface area contributed by atoms with Crippen LogP contribution in [0.2, 0.25) is 0 Å². The molecule has 0 heterocycles. The topological polar surface area (TPSA) is 52.3 Å². The number of methoxy groups -OCH3 is 1. The normalized spacial score (nSPS) is 15.8. The lowest BCUT2D eigenvalue weighted by Crippen LogP contribution is -2.47. The number of carbonyl (C=O) groups excluding carboxylic acids is 1. The second kappa shape index (κ2) is 6.59. The molecule has 0 aromatic heterocycles. The standard InChI is InChI=1S/C13H18BrNO2S/c1-9(8-13(2,15)12(16)17-3)18-11-6-4-5-10(14)7-11/h4-7,9H,8,15H2,1-3H3. The monoisotopic (exact) mass is 331 g/mol. The van der Waals surface area contributed by atoms with E-state index in [1.54, 1.807) is 18.7 Å². The van der Waals surface area contributed by atoms with E-state index in [9.17, 15) is 4.79 Å². The van der Waals surface area contributed by atoms with Gasteiger partial charge in [-0.2, -0.15) is 0 Å². The first-order chi connectivity index (χ1) is 8.35. The molecule has 1 aromatic rings. The molecule has 1 aromatic carbocycles. The molecule has 2 unspecified atom stereocenters. The molecule has 18 heavy (non-hydrogen) atoms. The molecule has 0 spiro atoms. The maximum absolute atomic E-state index is 11.5. The van der Waals surface area contributed by atoms with Crippen LogP contribution in [0.3, 0.4) is 0 Å². The number of ether oxygens (including phenoxy) is 1. The second-order valence-corrected chi connectivity index (χ2v) is 6.93. The van der Waals surface area contributed by atoms with Gasteiger partial charge in [-0.05, 0) is 31.5 Å². The largest absolute Gasteiger partial charge is 0.468 e. The molecule has 0 aliphatic heterocycles. The molecule has 0 aliphatic rings. The third-order valence-electron chi connectivity index (χ3n) is 2.50. The molecule has 0 radical (unpaired) electrons. The number of nitrogens with two attached hydrogens (primary N) is 1. The minimum Gasteiger partial charge on any atom is -0.468 e. The highest BCUT2D eigenvalue weighted by Crippen LogP contribution is 2.29. The average Bonchev–Trinajstić information content (AvgIpc) is 2.26. The van der Waals surface area contributed by atoms with Crippen molar-refractivity contribution in [3.63, 3.8) is 0 Å². The van der Waals surface area contributed by atoms with Crippen LogP contribution in [0.25, 0.3) is 0 Å². The minimum atomic E-state index is -0.937. The summed E-state index contributed by atoms with van der Waals surface area (Å²) >= 11 is 5.13. The first-order valence-electron chi connectivity index (χ1n) is 5.64. The lowest BCUT2D eigenvalue weighted by molar-refractivity contribution is -0.146. The van der Waals surface area contributed by atoms with E-state index < -0.39 is 5.54 Å². The van der Waals surface area contributed by atoms with Crippen LogP contribution >= 0.6 is 27.7 Å². The van der Waals surface area contributed by atoms with Crippen molar-refractivity contribution in [3.8, 4) is 0 Å². The van der Waals surface area contributed by atoms with Crippen LogP contribution < -0.4 is 5.73 Å². The van der Waals surface area contributed by atoms with E-state index in [0.29, 0.717) is 6.42 Å². The van der Waals surface area contributed by atoms with Crippen molar-refractivity contribution in [2.45, 2.75) is 36.0 Å². The van der Waals surface area contributed by atoms with Crippen LogP contribution in [-0.4, -0.2) is 23.9 Å². The number of benzene rings is 1. The fraction of sp³-hybridized carbons (Fsp3) is 0.462. The third-order valence-corrected chi connectivity index (χ3v) is 4.08. The Balaban J connectivity index is 2.61. The zero-order valence-electron chi connectivity index (χ0n) is 10.8. The van der Waals surface area contributed by atoms with Crippen molar-refractivity contribution in [2.24, 2.45) is 5.73 Å². The van der Waals surface area contributed by atoms with Crippen LogP contribution in [0.15, 0.2) is 33.6 Å². The van der Waals surface area contributed by atoms with Crippen LogP contribution in [0.5, 0.6) is 0 Å². The number of rotatable bonds is 5. The van der Waals surface area contributed by atoms with Crippen molar-refractivity contribution in [1.29, 1.82) is 0 Å². The van der Waals surface area contributed by atoms with E-state index in [4.69, 9.17) is 10.5 Å². The molecular weight excluding hydrogens is 314 g/mol. The van der Waals surface area contributed by atoms with Gasteiger partial charge in [0.2, 0.25) is 0 Å². The second-order valence-electron chi connectivity index (χ2n) is 4.50. The Morgan fingerprint density at radius 2 is 2.28 bits per heavy atom. The van der Waals surface area contributed by atoms with Gasteiger partial charge in [0.15, 0.2) is 0 Å². The lowest BCUT2D eigenvalue weighted by Gasteiger charge is -2.24. The highest BCUT2D eigenvalue weighted by Gasteiger charge is 2.31. The first kappa shape index (κ1) is 15.5. The molecule has 0 amide bonds. The van der Waals surface area contributed by atoms with Crippen LogP contribution in [0.1, 0.15) is 20.3 Å². The van der Waals surface area contributed by atoms with Gasteiger partial charge < -0.3 is 10.5 Å². The number of hydrogen-bond acceptors (Lipinski definition) is 4. The number of esters is 1. The number of hydrogen-bond donors (Lipinski definition) is 1. The van der Waals surface area contributed by atoms with E-state index >= 15 is 0 Å². The SMILES string of the molecule is COC(=O)C(C)(N)CC(C)Sc1cccc(Br)c1. The minimum absolute atomic E-state index is 0.230. The summed E-state index contributed by atoms with van der Waals surface area (Å²) in [5.41, 5.74) is 5.02. The van der Waals surface area contributed by atoms with Crippen molar-refractivity contribution in [1.82, 2.24) is 0 Å². The van der Waals surface area contributed by atoms with Crippen LogP contribution in [0, 0.1) is 0 Å². The summed E-state index contributed by atoms with van der Waals surface area (Å²) in [5.74, 6) is -0.371. The summed E-state index contributed by atoms with van der Waals surface area (Å²) in [7, 11) is 1.36. The fourth-order valence-corrected chi connectivity index (χ4v) is 3.53. The molecule has 0 saturated heterocycles. The van der Waals surface area contributed by atoms with Gasteiger partial charge in [0, 0.05) is 14.6 Å². The molecular formula is C13H18BrNO2S. The predicted octanol–water partition coefficient (Wildman–Crippen LogP) is 3.21. The molecule has 3 nitrogen and oxygen atoms in total. The van der Waals surface area contributed by atoms with Gasteiger partial charge in [0.25, 0.3) is 0 Å². The fourth-order valence-electron chi connectivity index (χ4n) is 1.73. The molecule has 1 rings (SSSR count). The Bertz CT molecular complexity index is 423. The third kappa shape index (κ3) is 4.63. The Kier molecular flexibility index (Phi) is 5.69. The average molecular weight is 332 g/mol. The molecule has 0 bridgehead atoms. The molecule has 0 saturated carbocycles. The maximum atomic E-state index is 11.5. The summed E-state index contributed by atoms with van der Waals surface area (Å²) < 4.78 is 5.75. The van der Waals surface area contributed by atoms with E-state index in [1.807, 2.05) is 24.3 Å². The first-order valence-corrected chi connectivity index (χ1v) is 7.32. The van der Waals surface area contributed by atoms with Gasteiger partial charge in [-0.25, -0.2) is 0 Å². The van der Waals surface area contributed by atoms with Gasteiger partial charge in [0.1, 0.15) is 5.54 Å². The Labute approximate surface area is 121 Å². The summed E-state index contributed by atoms with van der Waals surface area (Å²) in [5, 5.41) is 0.230. The summed E-state index contributed by atoms with van der Waals surface area (Å²) in [6.07, 6.45) is 0.566. The molecule has 0 fully saturated rings. The molecule has 2 N–H and O–H groups in total. The molecule has 0 aliphatic carbocycles. The quantitative estimate of drug-likeness (QED) is 0.664. The van der Waals surface area contributed by atoms with Gasteiger partial charge in [-0.1, -0.05) is 28.9 Å². The summed E-state index contributed by atoms with van der Waals surface area (Å²) in [4.78, 5) is 12.7. The summed E-state index contributed by atoms with van der Waals surface area (Å²) in [6, 6.07) is 8.06. The van der Waals surface area contributed by atoms with Crippen molar-refractivity contribution in [3.05, 3.63) is 28.7 Å². The van der Waals surface area contributed by atoms with Crippen LogP contribution in [-0.2, 0) is 9.53 Å². The smallest absolute Gasteiger partial charge is 0.325 e. The van der Waals surface area contributed by atoms with Crippen molar-refractivity contribution >= 4 is 33.7 Å². The van der Waals surface area contributed by atoms with E-state index in [0.717, 1.165) is 9.37 Å². The van der Waals surface area contributed by atoms with E-state index in [2.05, 4.69) is 22.9 Å². The highest BCUT2D eigenvalue weighted by molar-refractivity contribution is 9.10. The van der Waals surface area contributed by atoms with Crippen LogP contribution in [0.4, 0.5) is 0 Å². The van der Waals surface area contributed by atoms with Crippen molar-refractivity contribution in [2.75, 3.05) is 7.11 Å². The Morgan fingerprint density at radius 3 is 2.83 bits per heavy atom. The highest BCUT2D eigenvalue weighted by atomic mass is 79.9. The van der Waals surface area contributed by atoms with Gasteiger partial charge in [-0.3, -0.25) is 4.79 Å². The number of halogens is 1. The lowest BCUT2D eigenvalue weighted by atomic mass is 9.98. The van der Waals surface area contributed by atoms with Gasteiger partial charge >= 0.3 is 5.97 Å². The van der Waals surface area contributed by atoms with Crippen molar-refractivity contribution < 1.29 is 9.53 Å².